The fraction of sp³-hybridized carbons (Fsp3) is 0.938. The fourth-order valence-electron chi connectivity index (χ4n) is 3.27. The second kappa shape index (κ2) is 5.08. The highest BCUT2D eigenvalue weighted by atomic mass is 16.2. The van der Waals surface area contributed by atoms with Gasteiger partial charge in [-0.3, -0.25) is 10.1 Å². The molecular weight excluding hydrogens is 236 g/mol. The summed E-state index contributed by atoms with van der Waals surface area (Å²) in [5.41, 5.74) is 0.319. The second-order valence-corrected chi connectivity index (χ2v) is 7.95. The molecule has 1 saturated carbocycles. The highest BCUT2D eigenvalue weighted by molar-refractivity contribution is 5.85. The van der Waals surface area contributed by atoms with E-state index in [4.69, 9.17) is 0 Å². The lowest BCUT2D eigenvalue weighted by Crippen LogP contribution is -2.41. The Kier molecular flexibility index (Phi) is 3.97. The van der Waals surface area contributed by atoms with Crippen LogP contribution in [0.3, 0.4) is 0 Å². The van der Waals surface area contributed by atoms with Gasteiger partial charge in [0, 0.05) is 6.04 Å². The summed E-state index contributed by atoms with van der Waals surface area (Å²) < 4.78 is 0. The monoisotopic (exact) mass is 266 g/mol. The van der Waals surface area contributed by atoms with Crippen LogP contribution in [0.5, 0.6) is 0 Å². The van der Waals surface area contributed by atoms with Crippen LogP contribution in [0.1, 0.15) is 60.8 Å². The molecule has 2 rings (SSSR count). The first-order valence-corrected chi connectivity index (χ1v) is 7.80. The topological polar surface area (TPSA) is 32.3 Å². The van der Waals surface area contributed by atoms with Crippen LogP contribution in [0, 0.1) is 17.3 Å². The van der Waals surface area contributed by atoms with Crippen LogP contribution >= 0.6 is 0 Å². The molecular formula is C16H30N2O. The molecule has 0 aromatic carbocycles. The normalized spacial score (nSPS) is 33.6. The summed E-state index contributed by atoms with van der Waals surface area (Å²) in [6.07, 6.45) is 3.43. The Labute approximate surface area is 118 Å². The van der Waals surface area contributed by atoms with Crippen molar-refractivity contribution in [1.82, 2.24) is 10.2 Å². The van der Waals surface area contributed by atoms with Crippen LogP contribution < -0.4 is 5.32 Å². The average molecular weight is 266 g/mol. The maximum atomic E-state index is 12.7. The van der Waals surface area contributed by atoms with Gasteiger partial charge >= 0.3 is 0 Å². The molecule has 0 spiro atoms. The number of rotatable bonds is 5. The van der Waals surface area contributed by atoms with Gasteiger partial charge in [-0.25, -0.2) is 0 Å². The molecule has 3 unspecified atom stereocenters. The van der Waals surface area contributed by atoms with Gasteiger partial charge in [0.1, 0.15) is 0 Å². The van der Waals surface area contributed by atoms with E-state index in [9.17, 15) is 4.79 Å². The number of hydrogen-bond acceptors (Lipinski definition) is 2. The van der Waals surface area contributed by atoms with Crippen molar-refractivity contribution < 1.29 is 4.79 Å². The van der Waals surface area contributed by atoms with Crippen molar-refractivity contribution in [2.24, 2.45) is 17.3 Å². The van der Waals surface area contributed by atoms with Crippen molar-refractivity contribution in [3.8, 4) is 0 Å². The predicted molar refractivity (Wildman–Crippen MR) is 78.7 cm³/mol. The fourth-order valence-corrected chi connectivity index (χ4v) is 3.27. The molecule has 1 aliphatic carbocycles. The Morgan fingerprint density at radius 3 is 2.16 bits per heavy atom. The molecule has 3 heteroatoms. The summed E-state index contributed by atoms with van der Waals surface area (Å²) in [5.74, 6) is 1.52. The van der Waals surface area contributed by atoms with E-state index in [1.807, 2.05) is 0 Å². The molecule has 3 nitrogen and oxygen atoms in total. The van der Waals surface area contributed by atoms with E-state index in [2.05, 4.69) is 51.8 Å². The van der Waals surface area contributed by atoms with Gasteiger partial charge in [-0.1, -0.05) is 41.5 Å². The Morgan fingerprint density at radius 2 is 1.74 bits per heavy atom. The minimum absolute atomic E-state index is 0.0418. The first kappa shape index (κ1) is 14.8. The molecule has 2 aliphatic rings. The molecule has 0 aromatic heterocycles. The number of carbonyl (C=O) groups excluding carboxylic acids is 1. The minimum atomic E-state index is 0.0418. The molecule has 0 aromatic rings. The van der Waals surface area contributed by atoms with E-state index < -0.39 is 0 Å². The summed E-state index contributed by atoms with van der Waals surface area (Å²) >= 11 is 0. The molecule has 110 valence electrons. The van der Waals surface area contributed by atoms with E-state index in [1.165, 1.54) is 0 Å². The van der Waals surface area contributed by atoms with Gasteiger partial charge in [-0.2, -0.15) is 0 Å². The molecule has 1 amide bonds. The van der Waals surface area contributed by atoms with Crippen molar-refractivity contribution in [1.29, 1.82) is 0 Å². The summed E-state index contributed by atoms with van der Waals surface area (Å²) in [4.78, 5) is 14.8. The molecule has 19 heavy (non-hydrogen) atoms. The Balaban J connectivity index is 2.10. The highest BCUT2D eigenvalue weighted by Crippen LogP contribution is 2.50. The smallest absolute Gasteiger partial charge is 0.241 e. The molecule has 0 radical (unpaired) electrons. The quantitative estimate of drug-likeness (QED) is 0.829. The van der Waals surface area contributed by atoms with Crippen molar-refractivity contribution >= 4 is 5.91 Å². The summed E-state index contributed by atoms with van der Waals surface area (Å²) in [6.45, 7) is 13.4. The van der Waals surface area contributed by atoms with E-state index in [0.29, 0.717) is 29.2 Å². The standard InChI is InChI=1S/C16H30N2O/c1-10(2)7-12-15(19)18(13-9-16(13,5)6)14(17-12)8-11(3)4/h10-14,17H,7-9H2,1-6H3. The zero-order valence-corrected chi connectivity index (χ0v) is 13.4. The Morgan fingerprint density at radius 1 is 1.21 bits per heavy atom. The van der Waals surface area contributed by atoms with E-state index >= 15 is 0 Å². The highest BCUT2D eigenvalue weighted by Gasteiger charge is 2.56. The third-order valence-corrected chi connectivity index (χ3v) is 4.48. The first-order valence-electron chi connectivity index (χ1n) is 7.80. The van der Waals surface area contributed by atoms with E-state index in [-0.39, 0.29) is 12.2 Å². The molecule has 1 heterocycles. The van der Waals surface area contributed by atoms with E-state index in [1.54, 1.807) is 0 Å². The minimum Gasteiger partial charge on any atom is -0.322 e. The second-order valence-electron chi connectivity index (χ2n) is 7.95. The third-order valence-electron chi connectivity index (χ3n) is 4.48. The van der Waals surface area contributed by atoms with Crippen molar-refractivity contribution in [3.63, 3.8) is 0 Å². The summed E-state index contributed by atoms with van der Waals surface area (Å²) in [6, 6.07) is 0.494. The van der Waals surface area contributed by atoms with Gasteiger partial charge in [-0.05, 0) is 36.5 Å². The zero-order valence-electron chi connectivity index (χ0n) is 13.4. The van der Waals surface area contributed by atoms with Gasteiger partial charge in [-0.15, -0.1) is 0 Å². The maximum absolute atomic E-state index is 12.7. The van der Waals surface area contributed by atoms with Gasteiger partial charge < -0.3 is 4.90 Å². The first-order chi connectivity index (χ1) is 8.72. The average Bonchev–Trinajstić information content (AvgIpc) is 2.74. The number of nitrogens with one attached hydrogen (secondary N) is 1. The predicted octanol–water partition coefficient (Wildman–Crippen LogP) is 3.00. The van der Waals surface area contributed by atoms with Crippen LogP contribution in [0.2, 0.25) is 0 Å². The summed E-state index contributed by atoms with van der Waals surface area (Å²) in [5, 5.41) is 3.59. The van der Waals surface area contributed by atoms with Crippen molar-refractivity contribution in [2.45, 2.75) is 79.1 Å². The van der Waals surface area contributed by atoms with Gasteiger partial charge in [0.25, 0.3) is 0 Å². The SMILES string of the molecule is CC(C)CC1NC(CC(C)C)N(C2CC2(C)C)C1=O. The molecule has 2 fully saturated rings. The number of hydrogen-bond donors (Lipinski definition) is 1. The van der Waals surface area contributed by atoms with E-state index in [0.717, 1.165) is 19.3 Å². The molecule has 0 bridgehead atoms. The Hall–Kier alpha value is -0.570. The number of nitrogens with zero attached hydrogens (tertiary/aromatic N) is 1. The van der Waals surface area contributed by atoms with Crippen molar-refractivity contribution in [3.05, 3.63) is 0 Å². The molecule has 1 aliphatic heterocycles. The molecule has 1 N–H and O–H groups in total. The largest absolute Gasteiger partial charge is 0.322 e. The van der Waals surface area contributed by atoms with Crippen LogP contribution in [-0.4, -0.2) is 29.1 Å². The zero-order chi connectivity index (χ0) is 14.4. The maximum Gasteiger partial charge on any atom is 0.241 e. The van der Waals surface area contributed by atoms with Gasteiger partial charge in [0.05, 0.1) is 12.2 Å². The number of amides is 1. The van der Waals surface area contributed by atoms with Gasteiger partial charge in [0.15, 0.2) is 0 Å². The lowest BCUT2D eigenvalue weighted by molar-refractivity contribution is -0.131. The van der Waals surface area contributed by atoms with Crippen LogP contribution in [-0.2, 0) is 4.79 Å². The Bertz CT molecular complexity index is 349. The van der Waals surface area contributed by atoms with Crippen LogP contribution in [0.25, 0.3) is 0 Å². The van der Waals surface area contributed by atoms with Gasteiger partial charge in [0.2, 0.25) is 5.91 Å². The van der Waals surface area contributed by atoms with Crippen LogP contribution in [0.4, 0.5) is 0 Å². The lowest BCUT2D eigenvalue weighted by atomic mass is 10.0. The lowest BCUT2D eigenvalue weighted by Gasteiger charge is -2.27. The molecule has 1 saturated heterocycles. The number of carbonyl (C=O) groups is 1. The molecule has 3 atom stereocenters. The van der Waals surface area contributed by atoms with Crippen molar-refractivity contribution in [2.75, 3.05) is 0 Å². The third kappa shape index (κ3) is 3.13. The van der Waals surface area contributed by atoms with Crippen LogP contribution in [0.15, 0.2) is 0 Å². The summed E-state index contributed by atoms with van der Waals surface area (Å²) in [7, 11) is 0.